The SMILES string of the molecule is O=C([O-])c1ccc([N+](=O)[O-])cc1[C@@H]1C[C@H]2CN(c3ccc(C(F)(F)F)cn3)CCC(=O)N2C1. The molecule has 0 bridgehead atoms. The second-order valence-electron chi connectivity index (χ2n) is 8.05. The fourth-order valence-corrected chi connectivity index (χ4v) is 4.48. The summed E-state index contributed by atoms with van der Waals surface area (Å²) in [6.07, 6.45) is -3.32. The molecule has 4 rings (SSSR count). The molecule has 0 unspecified atom stereocenters. The number of rotatable bonds is 4. The molecule has 0 aliphatic carbocycles. The van der Waals surface area contributed by atoms with Crippen molar-refractivity contribution in [2.24, 2.45) is 0 Å². The van der Waals surface area contributed by atoms with Crippen molar-refractivity contribution in [1.82, 2.24) is 9.88 Å². The molecule has 1 aromatic carbocycles. The number of anilines is 1. The number of hydrogen-bond acceptors (Lipinski definition) is 7. The van der Waals surface area contributed by atoms with E-state index in [1.165, 1.54) is 12.1 Å². The van der Waals surface area contributed by atoms with E-state index in [-0.39, 0.29) is 54.8 Å². The zero-order chi connectivity index (χ0) is 23.9. The van der Waals surface area contributed by atoms with Gasteiger partial charge in [0.1, 0.15) is 5.82 Å². The number of carboxylic acids is 1. The van der Waals surface area contributed by atoms with Gasteiger partial charge in [0.15, 0.2) is 0 Å². The van der Waals surface area contributed by atoms with Crippen molar-refractivity contribution in [3.63, 3.8) is 0 Å². The summed E-state index contributed by atoms with van der Waals surface area (Å²) in [5.41, 5.74) is -1.08. The van der Waals surface area contributed by atoms with Crippen molar-refractivity contribution in [1.29, 1.82) is 0 Å². The smallest absolute Gasteiger partial charge is 0.417 e. The minimum atomic E-state index is -4.51. The molecule has 3 heterocycles. The monoisotopic (exact) mass is 463 g/mol. The molecule has 174 valence electrons. The van der Waals surface area contributed by atoms with Crippen molar-refractivity contribution < 1.29 is 32.8 Å². The molecule has 2 atom stereocenters. The Morgan fingerprint density at radius 1 is 1.18 bits per heavy atom. The predicted octanol–water partition coefficient (Wildman–Crippen LogP) is 1.97. The van der Waals surface area contributed by atoms with Crippen molar-refractivity contribution in [2.75, 3.05) is 24.5 Å². The van der Waals surface area contributed by atoms with Crippen LogP contribution in [0.3, 0.4) is 0 Å². The molecule has 33 heavy (non-hydrogen) atoms. The molecule has 2 aromatic rings. The fraction of sp³-hybridized carbons (Fsp3) is 0.381. The van der Waals surface area contributed by atoms with E-state index in [9.17, 15) is 38.0 Å². The zero-order valence-corrected chi connectivity index (χ0v) is 17.1. The highest BCUT2D eigenvalue weighted by Gasteiger charge is 2.40. The number of halogens is 3. The van der Waals surface area contributed by atoms with Crippen LogP contribution in [0.1, 0.15) is 40.2 Å². The van der Waals surface area contributed by atoms with Crippen LogP contribution >= 0.6 is 0 Å². The Morgan fingerprint density at radius 2 is 1.94 bits per heavy atom. The lowest BCUT2D eigenvalue weighted by atomic mass is 9.91. The maximum absolute atomic E-state index is 12.8. The lowest BCUT2D eigenvalue weighted by Gasteiger charge is -2.26. The molecule has 2 aliphatic heterocycles. The molecule has 1 aromatic heterocycles. The number of carboxylic acid groups (broad SMARTS) is 1. The van der Waals surface area contributed by atoms with Gasteiger partial charge >= 0.3 is 6.18 Å². The third-order valence-electron chi connectivity index (χ3n) is 6.07. The maximum atomic E-state index is 12.8. The lowest BCUT2D eigenvalue weighted by molar-refractivity contribution is -0.384. The Kier molecular flexibility index (Phi) is 5.68. The summed E-state index contributed by atoms with van der Waals surface area (Å²) in [7, 11) is 0. The van der Waals surface area contributed by atoms with Crippen LogP contribution in [-0.4, -0.2) is 52.4 Å². The van der Waals surface area contributed by atoms with E-state index in [1.54, 1.807) is 9.80 Å². The number of carbonyl (C=O) groups is 2. The summed E-state index contributed by atoms with van der Waals surface area (Å²) in [5.74, 6) is -1.82. The van der Waals surface area contributed by atoms with Gasteiger partial charge in [0.05, 0.1) is 16.5 Å². The number of fused-ring (bicyclic) bond motifs is 1. The van der Waals surface area contributed by atoms with E-state index in [0.717, 1.165) is 24.4 Å². The first-order valence-electron chi connectivity index (χ1n) is 10.1. The molecule has 9 nitrogen and oxygen atoms in total. The Morgan fingerprint density at radius 3 is 2.55 bits per heavy atom. The number of hydrogen-bond donors (Lipinski definition) is 0. The van der Waals surface area contributed by atoms with E-state index in [0.29, 0.717) is 12.2 Å². The van der Waals surface area contributed by atoms with Gasteiger partial charge in [-0.25, -0.2) is 4.98 Å². The van der Waals surface area contributed by atoms with Gasteiger partial charge in [-0.1, -0.05) is 0 Å². The number of non-ortho nitro benzene ring substituents is 1. The van der Waals surface area contributed by atoms with Crippen LogP contribution in [0.4, 0.5) is 24.7 Å². The molecule has 2 saturated heterocycles. The number of alkyl halides is 3. The van der Waals surface area contributed by atoms with Gasteiger partial charge in [0, 0.05) is 61.9 Å². The summed E-state index contributed by atoms with van der Waals surface area (Å²) in [6.45, 7) is 0.741. The normalized spacial score (nSPS) is 21.0. The molecule has 1 amide bonds. The van der Waals surface area contributed by atoms with Crippen LogP contribution in [0.2, 0.25) is 0 Å². The van der Waals surface area contributed by atoms with Crippen molar-refractivity contribution in [3.8, 4) is 0 Å². The molecule has 2 aliphatic rings. The minimum Gasteiger partial charge on any atom is -0.545 e. The highest BCUT2D eigenvalue weighted by atomic mass is 19.4. The molecular formula is C21H18F3N4O5-. The van der Waals surface area contributed by atoms with Crippen LogP contribution in [0.5, 0.6) is 0 Å². The van der Waals surface area contributed by atoms with Crippen LogP contribution in [-0.2, 0) is 11.0 Å². The molecule has 2 fully saturated rings. The van der Waals surface area contributed by atoms with Gasteiger partial charge in [-0.05, 0) is 30.2 Å². The number of nitro benzene ring substituents is 1. The first-order chi connectivity index (χ1) is 15.5. The summed E-state index contributed by atoms with van der Waals surface area (Å²) in [4.78, 5) is 42.1. The standard InChI is InChI=1S/C21H19F3N4O5/c22-21(23,24)13-1-4-18(25-9-13)26-6-5-19(29)27-10-12(7-15(27)11-26)17-8-14(28(32)33)2-3-16(17)20(30)31/h1-4,8-9,12,15H,5-7,10-11H2,(H,30,31)/p-1/t12-,15+/m1/s1. The van der Waals surface area contributed by atoms with E-state index >= 15 is 0 Å². The molecule has 0 N–H and O–H groups in total. The van der Waals surface area contributed by atoms with Crippen molar-refractivity contribution >= 4 is 23.4 Å². The first kappa shape index (κ1) is 22.5. The lowest BCUT2D eigenvalue weighted by Crippen LogP contribution is -2.38. The minimum absolute atomic E-state index is 0.105. The number of benzene rings is 1. The van der Waals surface area contributed by atoms with E-state index in [4.69, 9.17) is 0 Å². The highest BCUT2D eigenvalue weighted by Crippen LogP contribution is 2.37. The molecule has 0 saturated carbocycles. The van der Waals surface area contributed by atoms with Gasteiger partial charge in [0.2, 0.25) is 5.91 Å². The van der Waals surface area contributed by atoms with E-state index in [1.807, 2.05) is 0 Å². The maximum Gasteiger partial charge on any atom is 0.417 e. The van der Waals surface area contributed by atoms with Gasteiger partial charge < -0.3 is 19.7 Å². The number of aromatic nitrogens is 1. The number of carbonyl (C=O) groups excluding carboxylic acids is 2. The molecule has 0 spiro atoms. The molecular weight excluding hydrogens is 445 g/mol. The van der Waals surface area contributed by atoms with Gasteiger partial charge in [0.25, 0.3) is 5.69 Å². The second kappa shape index (κ2) is 8.34. The predicted molar refractivity (Wildman–Crippen MR) is 106 cm³/mol. The van der Waals surface area contributed by atoms with Gasteiger partial charge in [-0.15, -0.1) is 0 Å². The molecule has 12 heteroatoms. The van der Waals surface area contributed by atoms with Crippen LogP contribution in [0.15, 0.2) is 36.5 Å². The Hall–Kier alpha value is -3.70. The third kappa shape index (κ3) is 4.45. The van der Waals surface area contributed by atoms with Gasteiger partial charge in [-0.3, -0.25) is 14.9 Å². The van der Waals surface area contributed by atoms with Crippen LogP contribution in [0, 0.1) is 10.1 Å². The summed E-state index contributed by atoms with van der Waals surface area (Å²) >= 11 is 0. The van der Waals surface area contributed by atoms with Crippen molar-refractivity contribution in [3.05, 3.63) is 63.3 Å². The Labute approximate surface area is 185 Å². The summed E-state index contributed by atoms with van der Waals surface area (Å²) in [5, 5.41) is 22.7. The number of nitrogens with zero attached hydrogens (tertiary/aromatic N) is 4. The number of nitro groups is 1. The fourth-order valence-electron chi connectivity index (χ4n) is 4.48. The average Bonchev–Trinajstić information content (AvgIpc) is 3.12. The number of aromatic carboxylic acids is 1. The largest absolute Gasteiger partial charge is 0.545 e. The van der Waals surface area contributed by atoms with Crippen LogP contribution in [0.25, 0.3) is 0 Å². The topological polar surface area (TPSA) is 120 Å². The van der Waals surface area contributed by atoms with Crippen molar-refractivity contribution in [2.45, 2.75) is 31.0 Å². The average molecular weight is 463 g/mol. The zero-order valence-electron chi connectivity index (χ0n) is 17.1. The molecule has 0 radical (unpaired) electrons. The van der Waals surface area contributed by atoms with E-state index in [2.05, 4.69) is 4.98 Å². The number of pyridine rings is 1. The quantitative estimate of drug-likeness (QED) is 0.502. The summed E-state index contributed by atoms with van der Waals surface area (Å²) in [6, 6.07) is 5.24. The van der Waals surface area contributed by atoms with Gasteiger partial charge in [-0.2, -0.15) is 13.2 Å². The number of amides is 1. The second-order valence-corrected chi connectivity index (χ2v) is 8.05. The Balaban J connectivity index is 1.59. The van der Waals surface area contributed by atoms with E-state index < -0.39 is 28.6 Å². The Bertz CT molecular complexity index is 1110. The van der Waals surface area contributed by atoms with Crippen LogP contribution < -0.4 is 10.0 Å². The highest BCUT2D eigenvalue weighted by molar-refractivity contribution is 5.88. The first-order valence-corrected chi connectivity index (χ1v) is 10.1. The third-order valence-corrected chi connectivity index (χ3v) is 6.07. The summed E-state index contributed by atoms with van der Waals surface area (Å²) < 4.78 is 38.5.